The Balaban J connectivity index is 1.92. The molecule has 7 nitrogen and oxygen atoms in total. The largest absolute Gasteiger partial charge is 0.494 e. The summed E-state index contributed by atoms with van der Waals surface area (Å²) in [5.41, 5.74) is 3.13. The number of fused-ring (bicyclic) bond motifs is 1. The summed E-state index contributed by atoms with van der Waals surface area (Å²) in [5, 5.41) is 0. The summed E-state index contributed by atoms with van der Waals surface area (Å²) in [5.74, 6) is 0.647. The molecule has 0 spiro atoms. The molecular weight excluding hydrogens is 336 g/mol. The number of amides is 2. The van der Waals surface area contributed by atoms with Crippen LogP contribution in [-0.4, -0.2) is 42.9 Å². The van der Waals surface area contributed by atoms with Crippen molar-refractivity contribution in [3.63, 3.8) is 0 Å². The molecule has 0 N–H and O–H groups in total. The summed E-state index contributed by atoms with van der Waals surface area (Å²) in [6, 6.07) is 1.93. The standard InChI is InChI=1S/C19H26N2O5/c1-12-14-11-20(17(22)26-19(2,3)4)10-13(14)9-15(16(12)24-5)21-7-6-8-25-18(21)23/h9H,6-8,10-11H2,1-5H3. The van der Waals surface area contributed by atoms with E-state index in [4.69, 9.17) is 14.2 Å². The molecule has 0 radical (unpaired) electrons. The van der Waals surface area contributed by atoms with Crippen LogP contribution in [0.4, 0.5) is 15.3 Å². The summed E-state index contributed by atoms with van der Waals surface area (Å²) in [6.07, 6.45) is 0.0663. The molecule has 3 rings (SSSR count). The average molecular weight is 362 g/mol. The van der Waals surface area contributed by atoms with Crippen LogP contribution < -0.4 is 9.64 Å². The minimum absolute atomic E-state index is 0.342. The van der Waals surface area contributed by atoms with Gasteiger partial charge in [-0.25, -0.2) is 9.59 Å². The fraction of sp³-hybridized carbons (Fsp3) is 0.579. The van der Waals surface area contributed by atoms with Crippen molar-refractivity contribution in [3.8, 4) is 5.75 Å². The molecule has 2 aliphatic rings. The normalized spacial score (nSPS) is 17.0. The first-order chi connectivity index (χ1) is 12.2. The lowest BCUT2D eigenvalue weighted by atomic mass is 10.0. The Labute approximate surface area is 153 Å². The topological polar surface area (TPSA) is 68.3 Å². The molecule has 1 aromatic rings. The van der Waals surface area contributed by atoms with E-state index < -0.39 is 5.60 Å². The lowest BCUT2D eigenvalue weighted by Gasteiger charge is -2.29. The Morgan fingerprint density at radius 2 is 2.00 bits per heavy atom. The maximum Gasteiger partial charge on any atom is 0.414 e. The lowest BCUT2D eigenvalue weighted by molar-refractivity contribution is 0.0241. The van der Waals surface area contributed by atoms with Crippen molar-refractivity contribution in [2.75, 3.05) is 25.2 Å². The number of carbonyl (C=O) groups is 2. The van der Waals surface area contributed by atoms with Crippen LogP contribution in [0.25, 0.3) is 0 Å². The minimum atomic E-state index is -0.540. The van der Waals surface area contributed by atoms with E-state index in [0.717, 1.165) is 23.1 Å². The number of benzene rings is 1. The minimum Gasteiger partial charge on any atom is -0.494 e. The van der Waals surface area contributed by atoms with E-state index in [0.29, 0.717) is 37.7 Å². The van der Waals surface area contributed by atoms with E-state index >= 15 is 0 Å². The van der Waals surface area contributed by atoms with Crippen molar-refractivity contribution >= 4 is 17.9 Å². The van der Waals surface area contributed by atoms with Gasteiger partial charge in [-0.05, 0) is 56.9 Å². The van der Waals surface area contributed by atoms with Gasteiger partial charge < -0.3 is 14.2 Å². The second-order valence-electron chi connectivity index (χ2n) is 7.65. The van der Waals surface area contributed by atoms with E-state index in [-0.39, 0.29) is 12.2 Å². The molecule has 0 aliphatic carbocycles. The van der Waals surface area contributed by atoms with E-state index in [1.165, 1.54) is 0 Å². The monoisotopic (exact) mass is 362 g/mol. The van der Waals surface area contributed by atoms with E-state index in [1.807, 2.05) is 33.8 Å². The number of rotatable bonds is 2. The van der Waals surface area contributed by atoms with Gasteiger partial charge in [0.1, 0.15) is 11.4 Å². The highest BCUT2D eigenvalue weighted by molar-refractivity contribution is 5.91. The molecule has 7 heteroatoms. The van der Waals surface area contributed by atoms with E-state index in [9.17, 15) is 9.59 Å². The number of methoxy groups -OCH3 is 1. The van der Waals surface area contributed by atoms with E-state index in [1.54, 1.807) is 16.9 Å². The summed E-state index contributed by atoms with van der Waals surface area (Å²) < 4.78 is 16.2. The van der Waals surface area contributed by atoms with Crippen LogP contribution >= 0.6 is 0 Å². The number of nitrogens with zero attached hydrogens (tertiary/aromatic N) is 2. The van der Waals surface area contributed by atoms with Crippen molar-refractivity contribution in [2.24, 2.45) is 0 Å². The zero-order valence-corrected chi connectivity index (χ0v) is 16.0. The molecule has 142 valence electrons. The van der Waals surface area contributed by atoms with Crippen molar-refractivity contribution in [1.29, 1.82) is 0 Å². The van der Waals surface area contributed by atoms with Crippen LogP contribution in [0.5, 0.6) is 5.75 Å². The zero-order chi connectivity index (χ0) is 19.1. The molecule has 1 fully saturated rings. The number of cyclic esters (lactones) is 1. The van der Waals surface area contributed by atoms with Gasteiger partial charge in [-0.15, -0.1) is 0 Å². The van der Waals surface area contributed by atoms with Crippen LogP contribution in [0.2, 0.25) is 0 Å². The Hall–Kier alpha value is -2.44. The summed E-state index contributed by atoms with van der Waals surface area (Å²) in [7, 11) is 1.59. The van der Waals surface area contributed by atoms with Gasteiger partial charge >= 0.3 is 12.2 Å². The third kappa shape index (κ3) is 3.43. The first-order valence-corrected chi connectivity index (χ1v) is 8.83. The van der Waals surface area contributed by atoms with Crippen molar-refractivity contribution in [3.05, 3.63) is 22.8 Å². The molecule has 2 aliphatic heterocycles. The highest BCUT2D eigenvalue weighted by atomic mass is 16.6. The second-order valence-corrected chi connectivity index (χ2v) is 7.65. The van der Waals surface area contributed by atoms with Gasteiger partial charge in [-0.2, -0.15) is 0 Å². The number of carbonyl (C=O) groups excluding carboxylic acids is 2. The molecular formula is C19H26N2O5. The van der Waals surface area contributed by atoms with Gasteiger partial charge in [-0.3, -0.25) is 9.80 Å². The van der Waals surface area contributed by atoms with Crippen LogP contribution in [-0.2, 0) is 22.6 Å². The Morgan fingerprint density at radius 3 is 2.62 bits per heavy atom. The number of hydrogen-bond donors (Lipinski definition) is 0. The number of ether oxygens (including phenoxy) is 3. The predicted octanol–water partition coefficient (Wildman–Crippen LogP) is 3.60. The van der Waals surface area contributed by atoms with Crippen molar-refractivity contribution in [1.82, 2.24) is 4.90 Å². The zero-order valence-electron chi connectivity index (χ0n) is 16.0. The van der Waals surface area contributed by atoms with Gasteiger partial charge in [0.2, 0.25) is 0 Å². The van der Waals surface area contributed by atoms with Crippen LogP contribution in [0.3, 0.4) is 0 Å². The Morgan fingerprint density at radius 1 is 1.27 bits per heavy atom. The van der Waals surface area contributed by atoms with E-state index in [2.05, 4.69) is 0 Å². The molecule has 0 aromatic heterocycles. The maximum atomic E-state index is 12.4. The van der Waals surface area contributed by atoms with Gasteiger partial charge in [0.25, 0.3) is 0 Å². The molecule has 2 amide bonds. The van der Waals surface area contributed by atoms with Gasteiger partial charge in [0.05, 0.1) is 25.9 Å². The summed E-state index contributed by atoms with van der Waals surface area (Å²) >= 11 is 0. The number of anilines is 1. The van der Waals surface area contributed by atoms with Crippen LogP contribution in [0, 0.1) is 6.92 Å². The molecule has 2 heterocycles. The lowest BCUT2D eigenvalue weighted by Crippen LogP contribution is -2.38. The molecule has 0 atom stereocenters. The third-order valence-electron chi connectivity index (χ3n) is 4.55. The summed E-state index contributed by atoms with van der Waals surface area (Å²) in [4.78, 5) is 27.9. The summed E-state index contributed by atoms with van der Waals surface area (Å²) in [6.45, 7) is 9.45. The number of hydrogen-bond acceptors (Lipinski definition) is 5. The highest BCUT2D eigenvalue weighted by Crippen LogP contribution is 2.40. The third-order valence-corrected chi connectivity index (χ3v) is 4.55. The molecule has 26 heavy (non-hydrogen) atoms. The first kappa shape index (κ1) is 18.4. The Bertz CT molecular complexity index is 738. The SMILES string of the molecule is COc1c(N2CCCOC2=O)cc2c(c1C)CN(C(=O)OC(C)(C)C)C2. The van der Waals surface area contributed by atoms with Gasteiger partial charge in [0.15, 0.2) is 0 Å². The van der Waals surface area contributed by atoms with Crippen LogP contribution in [0.1, 0.15) is 43.9 Å². The van der Waals surface area contributed by atoms with Gasteiger partial charge in [-0.1, -0.05) is 0 Å². The quantitative estimate of drug-likeness (QED) is 0.804. The van der Waals surface area contributed by atoms with Gasteiger partial charge in [0, 0.05) is 13.1 Å². The second kappa shape index (κ2) is 6.70. The smallest absolute Gasteiger partial charge is 0.414 e. The molecule has 1 saturated heterocycles. The van der Waals surface area contributed by atoms with Crippen LogP contribution in [0.15, 0.2) is 6.07 Å². The molecule has 0 unspecified atom stereocenters. The predicted molar refractivity (Wildman–Crippen MR) is 96.5 cm³/mol. The average Bonchev–Trinajstić information content (AvgIpc) is 2.98. The Kier molecular flexibility index (Phi) is 4.73. The maximum absolute atomic E-state index is 12.4. The molecule has 1 aromatic carbocycles. The first-order valence-electron chi connectivity index (χ1n) is 8.83. The fourth-order valence-electron chi connectivity index (χ4n) is 3.39. The van der Waals surface area contributed by atoms with Crippen molar-refractivity contribution in [2.45, 2.75) is 52.8 Å². The van der Waals surface area contributed by atoms with Crippen molar-refractivity contribution < 1.29 is 23.8 Å². The molecule has 0 bridgehead atoms. The highest BCUT2D eigenvalue weighted by Gasteiger charge is 2.33. The fourth-order valence-corrected chi connectivity index (χ4v) is 3.39. The molecule has 0 saturated carbocycles.